The quantitative estimate of drug-likeness (QED) is 0.458. The number of hydrogen-bond donors (Lipinski definition) is 0. The largest absolute Gasteiger partial charge is 0.496 e. The lowest BCUT2D eigenvalue weighted by atomic mass is 10.0. The molecule has 3 aromatic rings. The molecule has 0 fully saturated rings. The Kier molecular flexibility index (Phi) is 6.11. The Morgan fingerprint density at radius 2 is 1.61 bits per heavy atom. The highest BCUT2D eigenvalue weighted by molar-refractivity contribution is 8.04. The number of amides is 2. The molecule has 1 heterocycles. The summed E-state index contributed by atoms with van der Waals surface area (Å²) in [6, 6.07) is 20.1. The van der Waals surface area contributed by atoms with Crippen LogP contribution in [0, 0.1) is 5.82 Å². The second-order valence-electron chi connectivity index (χ2n) is 6.75. The van der Waals surface area contributed by atoms with Crippen molar-refractivity contribution in [3.63, 3.8) is 0 Å². The molecule has 156 valence electrons. The number of halogens is 2. The van der Waals surface area contributed by atoms with Gasteiger partial charge in [-0.05, 0) is 36.4 Å². The molecule has 0 N–H and O–H groups in total. The number of rotatable bonds is 6. The number of nitrogens with zero attached hydrogens (tertiary/aromatic N) is 1. The average Bonchev–Trinajstić information content (AvgIpc) is 3.00. The van der Waals surface area contributed by atoms with Gasteiger partial charge in [-0.2, -0.15) is 0 Å². The van der Waals surface area contributed by atoms with Gasteiger partial charge in [0.15, 0.2) is 0 Å². The number of carbonyl (C=O) groups is 2. The fraction of sp³-hybridized carbons (Fsp3) is 0.0833. The highest BCUT2D eigenvalue weighted by atomic mass is 35.5. The minimum atomic E-state index is -0.491. The maximum Gasteiger partial charge on any atom is 0.268 e. The fourth-order valence-electron chi connectivity index (χ4n) is 3.30. The molecule has 0 spiro atoms. The van der Waals surface area contributed by atoms with Crippen molar-refractivity contribution in [2.45, 2.75) is 11.4 Å². The van der Waals surface area contributed by atoms with E-state index in [0.717, 1.165) is 9.80 Å². The number of imide groups is 1. The van der Waals surface area contributed by atoms with Crippen LogP contribution in [0.15, 0.2) is 82.6 Å². The molecule has 3 aromatic carbocycles. The number of methoxy groups -OCH3 is 1. The van der Waals surface area contributed by atoms with Crippen LogP contribution < -0.4 is 4.74 Å². The van der Waals surface area contributed by atoms with E-state index in [0.29, 0.717) is 16.3 Å². The van der Waals surface area contributed by atoms with Crippen LogP contribution in [0.4, 0.5) is 4.39 Å². The number of ether oxygens (including phenoxy) is 1. The molecule has 0 aromatic heterocycles. The minimum Gasteiger partial charge on any atom is -0.496 e. The smallest absolute Gasteiger partial charge is 0.268 e. The summed E-state index contributed by atoms with van der Waals surface area (Å²) < 4.78 is 19.6. The fourth-order valence-corrected chi connectivity index (χ4v) is 4.43. The van der Waals surface area contributed by atoms with Crippen molar-refractivity contribution < 1.29 is 18.7 Å². The second-order valence-corrected chi connectivity index (χ2v) is 8.27. The van der Waals surface area contributed by atoms with E-state index in [2.05, 4.69) is 0 Å². The summed E-state index contributed by atoms with van der Waals surface area (Å²) in [4.78, 5) is 28.8. The lowest BCUT2D eigenvalue weighted by molar-refractivity contribution is -0.137. The Labute approximate surface area is 188 Å². The molecule has 1 aliphatic rings. The van der Waals surface area contributed by atoms with Gasteiger partial charge in [0.2, 0.25) is 0 Å². The Morgan fingerprint density at radius 3 is 2.32 bits per heavy atom. The lowest BCUT2D eigenvalue weighted by Gasteiger charge is -2.16. The predicted octanol–water partition coefficient (Wildman–Crippen LogP) is 5.56. The first-order valence-electron chi connectivity index (χ1n) is 9.40. The van der Waals surface area contributed by atoms with Crippen LogP contribution in [-0.4, -0.2) is 23.8 Å². The first kappa shape index (κ1) is 21.2. The van der Waals surface area contributed by atoms with Gasteiger partial charge in [-0.15, -0.1) is 0 Å². The zero-order chi connectivity index (χ0) is 22.0. The standard InChI is InChI=1S/C24H17ClFNO3S/c1-30-20-9-5-3-7-18(20)21-22(31-17-12-10-16(25)11-13-17)24(29)27(23(21)28)14-15-6-2-4-8-19(15)26/h2-13H,14H2,1H3. The molecule has 0 saturated heterocycles. The van der Waals surface area contributed by atoms with Gasteiger partial charge in [0.1, 0.15) is 11.6 Å². The number of thioether (sulfide) groups is 1. The molecule has 4 rings (SSSR count). The van der Waals surface area contributed by atoms with E-state index in [9.17, 15) is 14.0 Å². The summed E-state index contributed by atoms with van der Waals surface area (Å²) in [6.07, 6.45) is 0. The van der Waals surface area contributed by atoms with Gasteiger partial charge in [-0.25, -0.2) is 4.39 Å². The van der Waals surface area contributed by atoms with Crippen LogP contribution in [0.3, 0.4) is 0 Å². The molecule has 2 amide bonds. The summed E-state index contributed by atoms with van der Waals surface area (Å²) >= 11 is 7.14. The molecule has 31 heavy (non-hydrogen) atoms. The monoisotopic (exact) mass is 453 g/mol. The molecular weight excluding hydrogens is 437 g/mol. The van der Waals surface area contributed by atoms with Gasteiger partial charge in [0, 0.05) is 21.0 Å². The van der Waals surface area contributed by atoms with E-state index in [4.69, 9.17) is 16.3 Å². The van der Waals surface area contributed by atoms with Gasteiger partial charge < -0.3 is 4.74 Å². The average molecular weight is 454 g/mol. The first-order chi connectivity index (χ1) is 15.0. The maximum atomic E-state index is 14.2. The van der Waals surface area contributed by atoms with Crippen LogP contribution in [-0.2, 0) is 16.1 Å². The maximum absolute atomic E-state index is 14.2. The van der Waals surface area contributed by atoms with Crippen molar-refractivity contribution in [3.05, 3.63) is 99.7 Å². The number of hydrogen-bond acceptors (Lipinski definition) is 4. The number of para-hydroxylation sites is 1. The van der Waals surface area contributed by atoms with Gasteiger partial charge >= 0.3 is 0 Å². The molecule has 0 atom stereocenters. The van der Waals surface area contributed by atoms with Crippen LogP contribution in [0.2, 0.25) is 5.02 Å². The summed E-state index contributed by atoms with van der Waals surface area (Å²) in [5.74, 6) is -0.968. The van der Waals surface area contributed by atoms with E-state index < -0.39 is 17.6 Å². The van der Waals surface area contributed by atoms with Crippen molar-refractivity contribution in [1.29, 1.82) is 0 Å². The molecule has 0 aliphatic carbocycles. The molecule has 0 bridgehead atoms. The first-order valence-corrected chi connectivity index (χ1v) is 10.6. The van der Waals surface area contributed by atoms with Crippen molar-refractivity contribution >= 4 is 40.8 Å². The Hall–Kier alpha value is -3.09. The van der Waals surface area contributed by atoms with Gasteiger partial charge in [0.25, 0.3) is 11.8 Å². The van der Waals surface area contributed by atoms with Gasteiger partial charge in [-0.3, -0.25) is 14.5 Å². The van der Waals surface area contributed by atoms with E-state index in [1.807, 2.05) is 0 Å². The number of benzene rings is 3. The third kappa shape index (κ3) is 4.22. The van der Waals surface area contributed by atoms with Crippen molar-refractivity contribution in [3.8, 4) is 5.75 Å². The topological polar surface area (TPSA) is 46.6 Å². The van der Waals surface area contributed by atoms with E-state index in [-0.39, 0.29) is 22.6 Å². The lowest BCUT2D eigenvalue weighted by Crippen LogP contribution is -2.31. The summed E-state index contributed by atoms with van der Waals surface area (Å²) in [6.45, 7) is -0.159. The third-order valence-corrected chi connectivity index (χ3v) is 6.16. The Balaban J connectivity index is 1.79. The van der Waals surface area contributed by atoms with Gasteiger partial charge in [-0.1, -0.05) is 59.8 Å². The normalized spacial score (nSPS) is 13.8. The summed E-state index contributed by atoms with van der Waals surface area (Å²) in [5, 5.41) is 0.568. The molecule has 0 saturated carbocycles. The molecular formula is C24H17ClFNO3S. The molecule has 7 heteroatoms. The van der Waals surface area contributed by atoms with Crippen LogP contribution in [0.5, 0.6) is 5.75 Å². The van der Waals surface area contributed by atoms with Crippen molar-refractivity contribution in [1.82, 2.24) is 4.90 Å². The Bertz CT molecular complexity index is 1190. The number of carbonyl (C=O) groups excluding carboxylic acids is 2. The molecule has 4 nitrogen and oxygen atoms in total. The van der Waals surface area contributed by atoms with E-state index in [1.54, 1.807) is 66.7 Å². The highest BCUT2D eigenvalue weighted by Gasteiger charge is 2.40. The molecule has 0 unspecified atom stereocenters. The van der Waals surface area contributed by atoms with Crippen molar-refractivity contribution in [2.75, 3.05) is 7.11 Å². The van der Waals surface area contributed by atoms with Crippen LogP contribution in [0.25, 0.3) is 5.57 Å². The van der Waals surface area contributed by atoms with Crippen molar-refractivity contribution in [2.24, 2.45) is 0 Å². The van der Waals surface area contributed by atoms with E-state index in [1.165, 1.54) is 24.9 Å². The summed E-state index contributed by atoms with van der Waals surface area (Å²) in [7, 11) is 1.50. The van der Waals surface area contributed by atoms with Gasteiger partial charge in [0.05, 0.1) is 24.1 Å². The molecule has 1 aliphatic heterocycles. The third-order valence-electron chi connectivity index (χ3n) is 4.82. The highest BCUT2D eigenvalue weighted by Crippen LogP contribution is 2.42. The Morgan fingerprint density at radius 1 is 0.935 bits per heavy atom. The molecule has 0 radical (unpaired) electrons. The zero-order valence-electron chi connectivity index (χ0n) is 16.5. The second kappa shape index (κ2) is 8.96. The minimum absolute atomic E-state index is 0.159. The van der Waals surface area contributed by atoms with E-state index >= 15 is 0 Å². The zero-order valence-corrected chi connectivity index (χ0v) is 18.0. The summed E-state index contributed by atoms with van der Waals surface area (Å²) in [5.41, 5.74) is 1.01. The predicted molar refractivity (Wildman–Crippen MR) is 119 cm³/mol. The SMILES string of the molecule is COc1ccccc1C1=C(Sc2ccc(Cl)cc2)C(=O)N(Cc2ccccc2F)C1=O. The van der Waals surface area contributed by atoms with Crippen LogP contribution >= 0.6 is 23.4 Å². The van der Waals surface area contributed by atoms with Crippen LogP contribution in [0.1, 0.15) is 11.1 Å².